The molecule has 0 bridgehead atoms. The molecule has 1 aromatic rings. The van der Waals surface area contributed by atoms with Crippen LogP contribution in [0.4, 0.5) is 0 Å². The first kappa shape index (κ1) is 17.8. The molecule has 1 aromatic heterocycles. The predicted molar refractivity (Wildman–Crippen MR) is 75.8 cm³/mol. The minimum absolute atomic E-state index is 0.0501. The minimum Gasteiger partial charge on any atom is -0.490 e. The molecule has 0 fully saturated rings. The summed E-state index contributed by atoms with van der Waals surface area (Å²) >= 11 is 0. The highest BCUT2D eigenvalue weighted by Gasteiger charge is 2.09. The van der Waals surface area contributed by atoms with Crippen LogP contribution >= 0.6 is 0 Å². The van der Waals surface area contributed by atoms with Gasteiger partial charge in [0.25, 0.3) is 0 Å². The van der Waals surface area contributed by atoms with Gasteiger partial charge in [-0.2, -0.15) is 0 Å². The molecule has 0 amide bonds. The van der Waals surface area contributed by atoms with Gasteiger partial charge in [-0.3, -0.25) is 5.41 Å². The number of hydrogen-bond acceptors (Lipinski definition) is 5. The lowest BCUT2D eigenvalue weighted by molar-refractivity contribution is 0.0689. The number of carbonyl (C=O) groups is 1. The number of methoxy groups -OCH3 is 1. The number of pyridine rings is 1. The Morgan fingerprint density at radius 3 is 2.50 bits per heavy atom. The second-order valence-electron chi connectivity index (χ2n) is 4.08. The summed E-state index contributed by atoms with van der Waals surface area (Å²) in [6.45, 7) is 2.59. The first-order chi connectivity index (χ1) is 9.42. The fourth-order valence-electron chi connectivity index (χ4n) is 1.09. The summed E-state index contributed by atoms with van der Waals surface area (Å²) < 4.78 is 10.1. The van der Waals surface area contributed by atoms with Crippen LogP contribution in [0.2, 0.25) is 0 Å². The summed E-state index contributed by atoms with van der Waals surface area (Å²) in [5, 5.41) is 15.2. The van der Waals surface area contributed by atoms with Crippen molar-refractivity contribution >= 4 is 12.3 Å². The van der Waals surface area contributed by atoms with Crippen LogP contribution in [0.3, 0.4) is 0 Å². The summed E-state index contributed by atoms with van der Waals surface area (Å²) in [7, 11) is 5.21. The third-order valence-electron chi connectivity index (χ3n) is 2.07. The molecule has 112 valence electrons. The number of carboxylic acid groups (broad SMARTS) is 1. The molecule has 20 heavy (non-hydrogen) atoms. The molecule has 1 heterocycles. The number of rotatable bonds is 6. The maximum absolute atomic E-state index is 10.7. The van der Waals surface area contributed by atoms with E-state index in [1.54, 1.807) is 25.0 Å². The number of ether oxygens (including phenoxy) is 2. The number of nitrogens with zero attached hydrogens (tertiary/aromatic N) is 2. The second kappa shape index (κ2) is 9.74. The van der Waals surface area contributed by atoms with Gasteiger partial charge >= 0.3 is 5.97 Å². The Labute approximate surface area is 118 Å². The fourth-order valence-corrected chi connectivity index (χ4v) is 1.09. The lowest BCUT2D eigenvalue weighted by Gasteiger charge is -2.06. The highest BCUT2D eigenvalue weighted by atomic mass is 16.5. The van der Waals surface area contributed by atoms with Gasteiger partial charge in [0.1, 0.15) is 12.4 Å². The average Bonchev–Trinajstić information content (AvgIpc) is 2.39. The van der Waals surface area contributed by atoms with Gasteiger partial charge in [0, 0.05) is 21.2 Å². The molecular weight excluding hydrogens is 262 g/mol. The summed E-state index contributed by atoms with van der Waals surface area (Å²) in [4.78, 5) is 16.1. The summed E-state index contributed by atoms with van der Waals surface area (Å²) in [5.41, 5.74) is 0.631. The molecular formula is C13H21N3O4. The molecule has 7 nitrogen and oxygen atoms in total. The van der Waals surface area contributed by atoms with Gasteiger partial charge in [-0.25, -0.2) is 9.78 Å². The van der Waals surface area contributed by atoms with Crippen LogP contribution in [0, 0.1) is 12.3 Å². The number of aryl methyl sites for hydroxylation is 1. The molecule has 0 aliphatic heterocycles. The van der Waals surface area contributed by atoms with Gasteiger partial charge in [0.15, 0.2) is 5.69 Å². The third-order valence-corrected chi connectivity index (χ3v) is 2.07. The Morgan fingerprint density at radius 2 is 2.10 bits per heavy atom. The molecule has 0 aromatic carbocycles. The Kier molecular flexibility index (Phi) is 8.69. The Balaban J connectivity index is 0.000000621. The van der Waals surface area contributed by atoms with Gasteiger partial charge in [-0.05, 0) is 18.6 Å². The van der Waals surface area contributed by atoms with E-state index in [4.69, 9.17) is 20.0 Å². The summed E-state index contributed by atoms with van der Waals surface area (Å²) in [6, 6.07) is 1.64. The zero-order valence-corrected chi connectivity index (χ0v) is 12.2. The molecule has 0 saturated carbocycles. The van der Waals surface area contributed by atoms with Crippen LogP contribution in [-0.4, -0.2) is 61.7 Å². The van der Waals surface area contributed by atoms with Crippen molar-refractivity contribution in [1.29, 1.82) is 5.41 Å². The van der Waals surface area contributed by atoms with Gasteiger partial charge in [-0.15, -0.1) is 0 Å². The smallest absolute Gasteiger partial charge is 0.354 e. The van der Waals surface area contributed by atoms with E-state index in [1.165, 1.54) is 12.5 Å². The minimum atomic E-state index is -1.03. The van der Waals surface area contributed by atoms with Crippen molar-refractivity contribution in [3.63, 3.8) is 0 Å². The van der Waals surface area contributed by atoms with E-state index < -0.39 is 5.97 Å². The van der Waals surface area contributed by atoms with Crippen molar-refractivity contribution in [3.05, 3.63) is 23.5 Å². The van der Waals surface area contributed by atoms with Crippen LogP contribution in [-0.2, 0) is 4.74 Å². The highest BCUT2D eigenvalue weighted by molar-refractivity contribution is 5.87. The van der Waals surface area contributed by atoms with Crippen LogP contribution in [0.1, 0.15) is 16.1 Å². The first-order valence-corrected chi connectivity index (χ1v) is 5.91. The van der Waals surface area contributed by atoms with Crippen molar-refractivity contribution in [2.24, 2.45) is 0 Å². The van der Waals surface area contributed by atoms with E-state index in [0.29, 0.717) is 24.5 Å². The quantitative estimate of drug-likeness (QED) is 0.463. The SMILES string of the molecule is CN(C)C=N.COCCOc1cnc(C(=O)O)c(C)c1. The normalized spacial score (nSPS) is 9.20. The van der Waals surface area contributed by atoms with Crippen LogP contribution < -0.4 is 4.74 Å². The fraction of sp³-hybridized carbons (Fsp3) is 0.462. The predicted octanol–water partition coefficient (Wildman–Crippen LogP) is 1.27. The van der Waals surface area contributed by atoms with Crippen LogP contribution in [0.25, 0.3) is 0 Å². The van der Waals surface area contributed by atoms with Crippen molar-refractivity contribution < 1.29 is 19.4 Å². The van der Waals surface area contributed by atoms with Crippen molar-refractivity contribution in [3.8, 4) is 5.75 Å². The first-order valence-electron chi connectivity index (χ1n) is 5.91. The largest absolute Gasteiger partial charge is 0.490 e. The van der Waals surface area contributed by atoms with E-state index in [2.05, 4.69) is 4.98 Å². The zero-order valence-electron chi connectivity index (χ0n) is 12.2. The molecule has 0 saturated heterocycles. The molecule has 1 rings (SSSR count). The molecule has 2 N–H and O–H groups in total. The van der Waals surface area contributed by atoms with E-state index >= 15 is 0 Å². The van der Waals surface area contributed by atoms with E-state index in [-0.39, 0.29) is 5.69 Å². The van der Waals surface area contributed by atoms with Crippen LogP contribution in [0.5, 0.6) is 5.75 Å². The number of hydrogen-bond donors (Lipinski definition) is 2. The molecule has 0 radical (unpaired) electrons. The average molecular weight is 283 g/mol. The maximum atomic E-state index is 10.7. The lowest BCUT2D eigenvalue weighted by Crippen LogP contribution is -2.07. The number of nitrogens with one attached hydrogen (secondary N) is 1. The summed E-state index contributed by atoms with van der Waals surface area (Å²) in [5.74, 6) is -0.481. The van der Waals surface area contributed by atoms with Gasteiger partial charge in [0.05, 0.1) is 19.1 Å². The second-order valence-corrected chi connectivity index (χ2v) is 4.08. The van der Waals surface area contributed by atoms with Gasteiger partial charge < -0.3 is 19.5 Å². The van der Waals surface area contributed by atoms with Gasteiger partial charge in [0.2, 0.25) is 0 Å². The summed E-state index contributed by atoms with van der Waals surface area (Å²) in [6.07, 6.45) is 2.64. The number of aromatic nitrogens is 1. The maximum Gasteiger partial charge on any atom is 0.354 e. The number of aromatic carboxylic acids is 1. The molecule has 7 heteroatoms. The van der Waals surface area contributed by atoms with Gasteiger partial charge in [-0.1, -0.05) is 0 Å². The highest BCUT2D eigenvalue weighted by Crippen LogP contribution is 2.14. The molecule has 0 atom stereocenters. The van der Waals surface area contributed by atoms with Crippen molar-refractivity contribution in [1.82, 2.24) is 9.88 Å². The Hall–Kier alpha value is -2.15. The number of carboxylic acids is 1. The van der Waals surface area contributed by atoms with Crippen molar-refractivity contribution in [2.45, 2.75) is 6.92 Å². The van der Waals surface area contributed by atoms with E-state index in [1.807, 2.05) is 14.1 Å². The van der Waals surface area contributed by atoms with E-state index in [9.17, 15) is 4.79 Å². The molecule has 0 spiro atoms. The monoisotopic (exact) mass is 283 g/mol. The molecule has 0 aliphatic rings. The lowest BCUT2D eigenvalue weighted by atomic mass is 10.2. The van der Waals surface area contributed by atoms with E-state index in [0.717, 1.165) is 0 Å². The topological polar surface area (TPSA) is 95.7 Å². The zero-order chi connectivity index (χ0) is 15.5. The van der Waals surface area contributed by atoms with Crippen LogP contribution in [0.15, 0.2) is 12.3 Å². The Morgan fingerprint density at radius 1 is 1.50 bits per heavy atom. The molecule has 0 unspecified atom stereocenters. The Bertz CT molecular complexity index is 436. The standard InChI is InChI=1S/C10H13NO4.C3H8N2/c1-7-5-8(15-4-3-14-2)6-11-9(7)10(12)13;1-5(2)3-4/h5-6H,3-4H2,1-2H3,(H,12,13);3-4H,1-2H3. The molecule has 0 aliphatic carbocycles. The third kappa shape index (κ3) is 7.32. The van der Waals surface area contributed by atoms with Crippen molar-refractivity contribution in [2.75, 3.05) is 34.4 Å².